The molecule has 45 heteroatoms. The van der Waals surface area contributed by atoms with Gasteiger partial charge in [0.05, 0.1) is 55.0 Å². The number of nitrogens with two attached hydrogens (primary N) is 1. The predicted molar refractivity (Wildman–Crippen MR) is 458 cm³/mol. The van der Waals surface area contributed by atoms with Crippen LogP contribution in [0, 0.1) is 5.92 Å². The fourth-order valence-corrected chi connectivity index (χ4v) is 15.7. The Hall–Kier alpha value is -12.4. The van der Waals surface area contributed by atoms with Crippen molar-refractivity contribution < 1.29 is 132 Å². The Bertz CT molecular complexity index is 5540. The number of ether oxygens (including phenoxy) is 7. The zero-order chi connectivity index (χ0) is 94.0. The SMILES string of the molecule is CN[C@H](CC(C)C)C(=O)N[C@H]1C(=O)N[C@@H](CC(N)=O)C(=O)N[C@H]2C(=O)N[C@H]3C(=O)N[C@H](C(=O)N[C@@H](C(=O)NOCCNC(=O)OC)c4cc(O)cc(O)c4-c4cc3ccc4O)[C@H](O)c3ccc(c(Cl)c3)Oc3cc2cc(c3O[C@@H]2O[C@H](CO)[C@@H](O)[C@H](O)[C@H]2O[C@H]2C[C@](C)(NCCn3ccc(NC(=O)/C=C/c4ccc(Cl)cc4)nc3=O)[C@H](O)[C@H](C)O2)Oc2ccc(cc2Cl)[C@H]1O. The molecular formula is C85H95Cl3N14O28. The van der Waals surface area contributed by atoms with Crippen LogP contribution in [0.5, 0.6) is 46.0 Å². The van der Waals surface area contributed by atoms with Crippen molar-refractivity contribution in [2.45, 2.75) is 163 Å². The first-order valence-electron chi connectivity index (χ1n) is 40.6. The zero-order valence-electron chi connectivity index (χ0n) is 70.1. The van der Waals surface area contributed by atoms with Gasteiger partial charge in [-0.3, -0.25) is 52.6 Å². The van der Waals surface area contributed by atoms with Crippen molar-refractivity contribution in [3.8, 4) is 57.1 Å². The Labute approximate surface area is 754 Å². The fourth-order valence-electron chi connectivity index (χ4n) is 15.2. The number of primary amides is 1. The van der Waals surface area contributed by atoms with Crippen molar-refractivity contribution in [2.24, 2.45) is 11.7 Å². The molecule has 7 aliphatic rings. The summed E-state index contributed by atoms with van der Waals surface area (Å²) in [5.41, 5.74) is 3.45. The summed E-state index contributed by atoms with van der Waals surface area (Å²) in [6, 6.07) is 7.08. The summed E-state index contributed by atoms with van der Waals surface area (Å²) in [4.78, 5) is 168. The van der Waals surface area contributed by atoms with Gasteiger partial charge >= 0.3 is 11.8 Å². The minimum atomic E-state index is -2.42. The number of hydrogen-bond acceptors (Lipinski definition) is 31. The number of rotatable bonds is 24. The topological polar surface area (TPSA) is 620 Å². The quantitative estimate of drug-likeness (QED) is 0.0232. The van der Waals surface area contributed by atoms with Crippen LogP contribution < -0.4 is 84.3 Å². The Morgan fingerprint density at radius 1 is 0.723 bits per heavy atom. The van der Waals surface area contributed by atoms with Crippen molar-refractivity contribution >= 4 is 106 Å². The molecular weight excluding hydrogens is 1770 g/mol. The van der Waals surface area contributed by atoms with E-state index < -0.39 is 278 Å². The first-order valence-corrected chi connectivity index (χ1v) is 41.7. The molecule has 22 N–H and O–H groups in total. The number of phenols is 3. The third-order valence-corrected chi connectivity index (χ3v) is 22.7. The van der Waals surface area contributed by atoms with Gasteiger partial charge in [-0.05, 0) is 145 Å². The van der Waals surface area contributed by atoms with Gasteiger partial charge in [-0.25, -0.2) is 15.1 Å². The molecule has 0 aliphatic carbocycles. The first kappa shape index (κ1) is 96.7. The Balaban J connectivity index is 0.993. The molecule has 11 bridgehead atoms. The van der Waals surface area contributed by atoms with Gasteiger partial charge in [0.2, 0.25) is 59.3 Å². The second kappa shape index (κ2) is 42.0. The molecule has 0 spiro atoms. The maximum Gasteiger partial charge on any atom is 0.406 e. The highest BCUT2D eigenvalue weighted by Gasteiger charge is 2.52. The Kier molecular flexibility index (Phi) is 31.3. The highest BCUT2D eigenvalue weighted by atomic mass is 35.5. The summed E-state index contributed by atoms with van der Waals surface area (Å²) in [5, 5.41) is 132. The van der Waals surface area contributed by atoms with Gasteiger partial charge in [0.25, 0.3) is 5.91 Å². The van der Waals surface area contributed by atoms with Crippen molar-refractivity contribution in [3.05, 3.63) is 180 Å². The van der Waals surface area contributed by atoms with E-state index >= 15 is 24.0 Å². The molecule has 6 aromatic carbocycles. The number of nitrogens with one attached hydrogen (secondary N) is 11. The molecule has 42 nitrogen and oxygen atoms in total. The molecule has 7 aliphatic heterocycles. The average molecular weight is 1870 g/mol. The summed E-state index contributed by atoms with van der Waals surface area (Å²) in [7, 11) is 2.54. The van der Waals surface area contributed by atoms with Gasteiger partial charge in [0.1, 0.15) is 101 Å². The number of fused-ring (bicyclic) bond motifs is 15. The number of phenolic OH excluding ortho intramolecular Hbond substituents is 3. The number of hydrogen-bond donors (Lipinski definition) is 21. The van der Waals surface area contributed by atoms with Crippen LogP contribution >= 0.6 is 34.8 Å². The third-order valence-electron chi connectivity index (χ3n) is 21.9. The molecule has 18 atom stereocenters. The van der Waals surface area contributed by atoms with Gasteiger partial charge in [-0.1, -0.05) is 79.0 Å². The van der Waals surface area contributed by atoms with Gasteiger partial charge in [0, 0.05) is 66.1 Å². The first-order chi connectivity index (χ1) is 61.8. The smallest absolute Gasteiger partial charge is 0.406 e. The van der Waals surface area contributed by atoms with Crippen molar-refractivity contribution in [1.29, 1.82) is 0 Å². The molecule has 10 amide bonds. The van der Waals surface area contributed by atoms with Gasteiger partial charge in [0.15, 0.2) is 23.9 Å². The summed E-state index contributed by atoms with van der Waals surface area (Å²) in [6.45, 7) is 4.82. The lowest BCUT2D eigenvalue weighted by Crippen LogP contribution is -2.65. The molecule has 0 unspecified atom stereocenters. The number of alkyl carbamates (subject to hydrolysis) is 1. The van der Waals surface area contributed by atoms with Crippen LogP contribution in [-0.4, -0.2) is 234 Å². The standard InChI is InChI=1S/C85H95Cl3N14O28/c1-36(2)25-49(90-5)75(114)99-66-68(109)40-11-16-53(47(87)27-40)126-55-29-42-30-56(72(55)130-82-73(71(112)70(111)57(35-103)128-82)129-61-34-85(4,74(113)37(3)125-61)92-20-23-102-22-19-59(95-83(102)121)94-60(108)18-9-38-7-13-43(86)14-8-38)127-54-17-12-41(28-48(54)88)69(110)67-80(119)98-65(81(120)101-124-24-21-91-84(122)123-6)46-31-44(104)32-52(106)62(46)45-26-39(10-15-51(45)105)63(77(116)100-67)97-78(117)64(42)96-76(115)50(33-58(89)107)93-79(66)118/h7-19,22,26-32,36-37,49-50,57,61,63-71,73-74,82,90,92,103-106,109-113H,20-21,23-25,33-35H2,1-6H3,(H2,89,107)(H,91,122)(H,93,118)(H,96,115)(H,97,117)(H,98,119)(H,99,114)(H,100,116)(H,101,120)(H,94,95,108,121)/b18-9+/t37-,49+,50-,57+,61-,63+,64+,65+,66+,67-,68+,69+,70+,71-,73+,74+,82-,85-/m0/s1. The van der Waals surface area contributed by atoms with E-state index in [2.05, 4.69) is 68.4 Å². The van der Waals surface area contributed by atoms with Crippen LogP contribution in [0.15, 0.2) is 126 Å². The van der Waals surface area contributed by atoms with E-state index in [0.29, 0.717) is 10.6 Å². The molecule has 0 radical (unpaired) electrons. The average Bonchev–Trinajstić information content (AvgIpc) is 0.766. The van der Waals surface area contributed by atoms with E-state index in [1.807, 2.05) is 0 Å². The van der Waals surface area contributed by atoms with Gasteiger partial charge in [-0.15, -0.1) is 0 Å². The second-order valence-corrected chi connectivity index (χ2v) is 32.9. The number of carbonyl (C=O) groups excluding carboxylic acids is 10. The Morgan fingerprint density at radius 2 is 1.38 bits per heavy atom. The molecule has 130 heavy (non-hydrogen) atoms. The van der Waals surface area contributed by atoms with Crippen molar-refractivity contribution in [3.63, 3.8) is 0 Å². The third kappa shape index (κ3) is 22.7. The number of benzene rings is 6. The molecule has 2 fully saturated rings. The predicted octanol–water partition coefficient (Wildman–Crippen LogP) is 1.62. The lowest BCUT2D eigenvalue weighted by atomic mass is 9.85. The van der Waals surface area contributed by atoms with E-state index in [4.69, 9.17) is 73.8 Å². The summed E-state index contributed by atoms with van der Waals surface area (Å²) >= 11 is 20.4. The molecule has 694 valence electrons. The number of aliphatic hydroxyl groups excluding tert-OH is 6. The molecule has 8 heterocycles. The number of aromatic hydroxyl groups is 3. The zero-order valence-corrected chi connectivity index (χ0v) is 72.3. The summed E-state index contributed by atoms with van der Waals surface area (Å²) in [6.07, 6.45) is -16.4. The summed E-state index contributed by atoms with van der Waals surface area (Å²) in [5.74, 6) is -16.6. The number of likely N-dealkylation sites (N-methyl/N-ethyl adjacent to an activating group) is 1. The number of nitrogens with zero attached hydrogens (tertiary/aromatic N) is 2. The van der Waals surface area contributed by atoms with Crippen LogP contribution in [0.25, 0.3) is 17.2 Å². The van der Waals surface area contributed by atoms with Gasteiger partial charge in [-0.2, -0.15) is 4.98 Å². The van der Waals surface area contributed by atoms with Crippen LogP contribution in [-0.2, 0) is 73.5 Å². The van der Waals surface area contributed by atoms with E-state index in [9.17, 15) is 74.7 Å². The summed E-state index contributed by atoms with van der Waals surface area (Å²) < 4.78 is 45.2. The second-order valence-electron chi connectivity index (χ2n) is 31.6. The number of carbonyl (C=O) groups is 10. The number of anilines is 1. The monoisotopic (exact) mass is 1860 g/mol. The van der Waals surface area contributed by atoms with Crippen LogP contribution in [0.2, 0.25) is 15.1 Å². The van der Waals surface area contributed by atoms with Crippen molar-refractivity contribution in [2.75, 3.05) is 45.8 Å². The highest BCUT2D eigenvalue weighted by molar-refractivity contribution is 6.32. The lowest BCUT2D eigenvalue weighted by Gasteiger charge is -2.48. The maximum atomic E-state index is 16.4. The number of halogens is 3. The van der Waals surface area contributed by atoms with Crippen LogP contribution in [0.1, 0.15) is 111 Å². The van der Waals surface area contributed by atoms with E-state index in [1.165, 1.54) is 55.1 Å². The fraction of sp³-hybridized carbons (Fsp3) is 0.388. The highest BCUT2D eigenvalue weighted by Crippen LogP contribution is 2.50. The van der Waals surface area contributed by atoms with E-state index in [0.717, 1.165) is 73.8 Å². The number of amides is 10. The van der Waals surface area contributed by atoms with E-state index in [-0.39, 0.29) is 55.3 Å². The van der Waals surface area contributed by atoms with Crippen LogP contribution in [0.3, 0.4) is 0 Å². The normalized spacial score (nSPS) is 25.4. The Morgan fingerprint density at radius 3 is 2.02 bits per heavy atom. The molecule has 0 saturated carbocycles. The minimum absolute atomic E-state index is 0.0434. The van der Waals surface area contributed by atoms with Gasteiger partial charge < -0.3 is 138 Å². The van der Waals surface area contributed by atoms with E-state index in [1.54, 1.807) is 45.0 Å². The maximum absolute atomic E-state index is 16.4. The van der Waals surface area contributed by atoms with Crippen LogP contribution in [0.4, 0.5) is 10.6 Å². The number of methoxy groups -OCH3 is 1. The molecule has 7 aromatic rings. The molecule has 2 saturated heterocycles. The number of aliphatic hydroxyl groups is 6. The number of aromatic nitrogens is 2. The largest absolute Gasteiger partial charge is 0.508 e. The minimum Gasteiger partial charge on any atom is -0.508 e. The molecule has 14 rings (SSSR count). The lowest BCUT2D eigenvalue weighted by molar-refractivity contribution is -0.334. The van der Waals surface area contributed by atoms with Crippen molar-refractivity contribution in [1.82, 2.24) is 62.9 Å². The number of hydroxylamine groups is 1. The molecule has 1 aromatic heterocycles.